The Hall–Kier alpha value is -1.61. The summed E-state index contributed by atoms with van der Waals surface area (Å²) in [7, 11) is 0. The van der Waals surface area contributed by atoms with E-state index in [4.69, 9.17) is 5.11 Å². The summed E-state index contributed by atoms with van der Waals surface area (Å²) >= 11 is 0. The monoisotopic (exact) mass is 247 g/mol. The molecule has 98 valence electrons. The summed E-state index contributed by atoms with van der Waals surface area (Å²) in [6.45, 7) is 8.39. The molecule has 0 aliphatic carbocycles. The van der Waals surface area contributed by atoms with Crippen molar-refractivity contribution in [2.75, 3.05) is 6.54 Å². The number of aryl methyl sites for hydroxylation is 2. The molecule has 3 heteroatoms. The quantitative estimate of drug-likeness (QED) is 0.728. The van der Waals surface area contributed by atoms with Crippen LogP contribution in [-0.4, -0.2) is 23.7 Å². The number of nitrogens with one attached hydrogen (secondary N) is 1. The van der Waals surface area contributed by atoms with Gasteiger partial charge in [-0.1, -0.05) is 29.8 Å². The normalized spacial score (nSPS) is 12.1. The highest BCUT2D eigenvalue weighted by Gasteiger charge is 2.13. The van der Waals surface area contributed by atoms with Crippen molar-refractivity contribution in [3.8, 4) is 0 Å². The van der Waals surface area contributed by atoms with Crippen molar-refractivity contribution in [1.82, 2.24) is 5.32 Å². The SMILES string of the molecule is C=CCNC(CC(=O)O)Cc1ccc(C)cc1C. The topological polar surface area (TPSA) is 49.3 Å². The molecule has 1 atom stereocenters. The summed E-state index contributed by atoms with van der Waals surface area (Å²) in [5.41, 5.74) is 3.64. The lowest BCUT2D eigenvalue weighted by atomic mass is 9.97. The third-order valence-electron chi connectivity index (χ3n) is 2.94. The zero-order valence-corrected chi connectivity index (χ0v) is 11.1. The van der Waals surface area contributed by atoms with Crippen LogP contribution >= 0.6 is 0 Å². The zero-order valence-electron chi connectivity index (χ0n) is 11.1. The van der Waals surface area contributed by atoms with Crippen LogP contribution in [0.1, 0.15) is 23.1 Å². The third-order valence-corrected chi connectivity index (χ3v) is 2.94. The van der Waals surface area contributed by atoms with Gasteiger partial charge in [0.05, 0.1) is 6.42 Å². The van der Waals surface area contributed by atoms with Crippen LogP contribution in [-0.2, 0) is 11.2 Å². The summed E-state index contributed by atoms with van der Waals surface area (Å²) in [6.07, 6.45) is 2.60. The van der Waals surface area contributed by atoms with Gasteiger partial charge in [0.1, 0.15) is 0 Å². The van der Waals surface area contributed by atoms with Crippen LogP contribution in [0.3, 0.4) is 0 Å². The molecular formula is C15H21NO2. The average molecular weight is 247 g/mol. The standard InChI is InChI=1S/C15H21NO2/c1-4-7-16-14(10-15(17)18)9-13-6-5-11(2)8-12(13)3/h4-6,8,14,16H,1,7,9-10H2,2-3H3,(H,17,18). The van der Waals surface area contributed by atoms with Gasteiger partial charge in [-0.25, -0.2) is 0 Å². The van der Waals surface area contributed by atoms with Crippen molar-refractivity contribution >= 4 is 5.97 Å². The fourth-order valence-corrected chi connectivity index (χ4v) is 2.02. The fourth-order valence-electron chi connectivity index (χ4n) is 2.02. The molecule has 18 heavy (non-hydrogen) atoms. The van der Waals surface area contributed by atoms with E-state index in [1.807, 2.05) is 0 Å². The number of carboxylic acid groups (broad SMARTS) is 1. The van der Waals surface area contributed by atoms with Gasteiger partial charge in [0.25, 0.3) is 0 Å². The number of hydrogen-bond acceptors (Lipinski definition) is 2. The summed E-state index contributed by atoms with van der Waals surface area (Å²) in [6, 6.07) is 6.21. The Balaban J connectivity index is 2.74. The van der Waals surface area contributed by atoms with E-state index >= 15 is 0 Å². The third kappa shape index (κ3) is 4.72. The number of aliphatic carboxylic acids is 1. The highest BCUT2D eigenvalue weighted by Crippen LogP contribution is 2.14. The van der Waals surface area contributed by atoms with Crippen molar-refractivity contribution in [2.24, 2.45) is 0 Å². The van der Waals surface area contributed by atoms with E-state index in [1.165, 1.54) is 16.7 Å². The van der Waals surface area contributed by atoms with Gasteiger partial charge in [-0.15, -0.1) is 6.58 Å². The molecule has 1 rings (SSSR count). The minimum atomic E-state index is -0.777. The molecule has 0 aliphatic heterocycles. The molecule has 2 N–H and O–H groups in total. The second-order valence-electron chi connectivity index (χ2n) is 4.63. The van der Waals surface area contributed by atoms with Crippen molar-refractivity contribution in [2.45, 2.75) is 32.7 Å². The Morgan fingerprint density at radius 1 is 1.50 bits per heavy atom. The summed E-state index contributed by atoms with van der Waals surface area (Å²) in [4.78, 5) is 10.8. The Kier molecular flexibility index (Phi) is 5.59. The van der Waals surface area contributed by atoms with E-state index in [-0.39, 0.29) is 12.5 Å². The van der Waals surface area contributed by atoms with Gasteiger partial charge in [-0.2, -0.15) is 0 Å². The predicted molar refractivity (Wildman–Crippen MR) is 73.9 cm³/mol. The van der Waals surface area contributed by atoms with E-state index in [9.17, 15) is 4.79 Å². The Morgan fingerprint density at radius 2 is 2.22 bits per heavy atom. The molecule has 1 unspecified atom stereocenters. The molecular weight excluding hydrogens is 226 g/mol. The van der Waals surface area contributed by atoms with Crippen LogP contribution in [0.2, 0.25) is 0 Å². The molecule has 0 saturated carbocycles. The van der Waals surface area contributed by atoms with Crippen molar-refractivity contribution in [1.29, 1.82) is 0 Å². The first kappa shape index (κ1) is 14.5. The second-order valence-corrected chi connectivity index (χ2v) is 4.63. The average Bonchev–Trinajstić information content (AvgIpc) is 2.29. The minimum Gasteiger partial charge on any atom is -0.481 e. The van der Waals surface area contributed by atoms with Crippen LogP contribution in [0.25, 0.3) is 0 Å². The van der Waals surface area contributed by atoms with Crippen LogP contribution in [0.5, 0.6) is 0 Å². The van der Waals surface area contributed by atoms with E-state index in [2.05, 4.69) is 43.9 Å². The van der Waals surface area contributed by atoms with Gasteiger partial charge in [-0.3, -0.25) is 4.79 Å². The maximum atomic E-state index is 10.8. The summed E-state index contributed by atoms with van der Waals surface area (Å²) < 4.78 is 0. The Morgan fingerprint density at radius 3 is 2.78 bits per heavy atom. The highest BCUT2D eigenvalue weighted by molar-refractivity contribution is 5.67. The predicted octanol–water partition coefficient (Wildman–Crippen LogP) is 2.46. The van der Waals surface area contributed by atoms with E-state index in [0.29, 0.717) is 6.54 Å². The van der Waals surface area contributed by atoms with Gasteiger partial charge in [0.15, 0.2) is 0 Å². The van der Waals surface area contributed by atoms with Gasteiger partial charge in [0, 0.05) is 12.6 Å². The molecule has 0 bridgehead atoms. The number of carboxylic acids is 1. The molecule has 1 aromatic rings. The highest BCUT2D eigenvalue weighted by atomic mass is 16.4. The van der Waals surface area contributed by atoms with Gasteiger partial charge in [-0.05, 0) is 31.4 Å². The molecule has 0 aliphatic rings. The molecule has 0 radical (unpaired) electrons. The molecule has 0 amide bonds. The Bertz CT molecular complexity index is 427. The van der Waals surface area contributed by atoms with Crippen molar-refractivity contribution in [3.05, 3.63) is 47.5 Å². The lowest BCUT2D eigenvalue weighted by Crippen LogP contribution is -2.33. The molecule has 0 heterocycles. The number of hydrogen-bond donors (Lipinski definition) is 2. The first-order valence-electron chi connectivity index (χ1n) is 6.15. The van der Waals surface area contributed by atoms with Gasteiger partial charge < -0.3 is 10.4 Å². The Labute approximate surface area is 109 Å². The lowest BCUT2D eigenvalue weighted by Gasteiger charge is -2.17. The first-order chi connectivity index (χ1) is 8.52. The first-order valence-corrected chi connectivity index (χ1v) is 6.15. The molecule has 0 fully saturated rings. The number of carbonyl (C=O) groups is 1. The summed E-state index contributed by atoms with van der Waals surface area (Å²) in [5.74, 6) is -0.777. The van der Waals surface area contributed by atoms with E-state index in [0.717, 1.165) is 6.42 Å². The molecule has 3 nitrogen and oxygen atoms in total. The van der Waals surface area contributed by atoms with Gasteiger partial charge >= 0.3 is 5.97 Å². The maximum absolute atomic E-state index is 10.8. The maximum Gasteiger partial charge on any atom is 0.304 e. The number of rotatable bonds is 7. The van der Waals surface area contributed by atoms with Crippen LogP contribution in [0, 0.1) is 13.8 Å². The largest absolute Gasteiger partial charge is 0.481 e. The lowest BCUT2D eigenvalue weighted by molar-refractivity contribution is -0.137. The zero-order chi connectivity index (χ0) is 13.5. The van der Waals surface area contributed by atoms with Crippen molar-refractivity contribution in [3.63, 3.8) is 0 Å². The second kappa shape index (κ2) is 6.97. The van der Waals surface area contributed by atoms with Crippen molar-refractivity contribution < 1.29 is 9.90 Å². The molecule has 0 spiro atoms. The van der Waals surface area contributed by atoms with Crippen LogP contribution < -0.4 is 5.32 Å². The van der Waals surface area contributed by atoms with E-state index < -0.39 is 5.97 Å². The smallest absolute Gasteiger partial charge is 0.304 e. The minimum absolute atomic E-state index is 0.0538. The fraction of sp³-hybridized carbons (Fsp3) is 0.400. The van der Waals surface area contributed by atoms with Crippen LogP contribution in [0.4, 0.5) is 0 Å². The van der Waals surface area contributed by atoms with Crippen LogP contribution in [0.15, 0.2) is 30.9 Å². The molecule has 1 aromatic carbocycles. The van der Waals surface area contributed by atoms with E-state index in [1.54, 1.807) is 6.08 Å². The summed E-state index contributed by atoms with van der Waals surface area (Å²) in [5, 5.41) is 12.1. The number of benzene rings is 1. The molecule has 0 saturated heterocycles. The molecule has 0 aromatic heterocycles. The van der Waals surface area contributed by atoms with Gasteiger partial charge in [0.2, 0.25) is 0 Å².